The second-order valence-corrected chi connectivity index (χ2v) is 5.84. The van der Waals surface area contributed by atoms with Crippen LogP contribution in [0.2, 0.25) is 0 Å². The summed E-state index contributed by atoms with van der Waals surface area (Å²) in [5.41, 5.74) is 0.456. The molecule has 2 rings (SSSR count). The molecule has 1 aromatic heterocycles. The van der Waals surface area contributed by atoms with Crippen molar-refractivity contribution in [2.24, 2.45) is 0 Å². The Balaban J connectivity index is 2.04. The van der Waals surface area contributed by atoms with E-state index in [0.29, 0.717) is 6.54 Å². The van der Waals surface area contributed by atoms with Gasteiger partial charge in [-0.05, 0) is 35.6 Å². The molecule has 0 aliphatic rings. The molecule has 0 bridgehead atoms. The van der Waals surface area contributed by atoms with Crippen LogP contribution in [0, 0.1) is 5.82 Å². The Labute approximate surface area is 127 Å². The highest BCUT2D eigenvalue weighted by Gasteiger charge is 2.13. The molecule has 1 aromatic carbocycles. The fraction of sp³-hybridized carbons (Fsp3) is 0.312. The van der Waals surface area contributed by atoms with Crippen molar-refractivity contribution in [3.8, 4) is 0 Å². The van der Waals surface area contributed by atoms with Crippen LogP contribution in [0.3, 0.4) is 0 Å². The van der Waals surface area contributed by atoms with Crippen LogP contribution in [-0.2, 0) is 6.54 Å². The smallest absolute Gasteiger partial charge is 0.338 e. The average Bonchev–Trinajstić information content (AvgIpc) is 2.97. The van der Waals surface area contributed by atoms with Crippen molar-refractivity contribution in [1.29, 1.82) is 0 Å². The number of rotatable bonds is 7. The highest BCUT2D eigenvalue weighted by molar-refractivity contribution is 7.10. The number of hydrogen-bond acceptors (Lipinski definition) is 3. The maximum atomic E-state index is 13.6. The van der Waals surface area contributed by atoms with Gasteiger partial charge in [0.05, 0.1) is 5.56 Å². The van der Waals surface area contributed by atoms with Crippen LogP contribution >= 0.6 is 11.3 Å². The standard InChI is InChI=1S/C16H18FNO2S/c1-2-4-14(15-5-3-8-21-15)18-10-11-6-7-12(16(19)20)13(17)9-11/h3,5-9,14,18H,2,4,10H2,1H3,(H,19,20). The van der Waals surface area contributed by atoms with Gasteiger partial charge in [0.15, 0.2) is 0 Å². The fourth-order valence-electron chi connectivity index (χ4n) is 2.21. The molecule has 21 heavy (non-hydrogen) atoms. The molecule has 0 spiro atoms. The summed E-state index contributed by atoms with van der Waals surface area (Å²) in [6.45, 7) is 2.64. The molecule has 5 heteroatoms. The van der Waals surface area contributed by atoms with Crippen LogP contribution in [0.25, 0.3) is 0 Å². The fourth-order valence-corrected chi connectivity index (χ4v) is 3.04. The monoisotopic (exact) mass is 307 g/mol. The summed E-state index contributed by atoms with van der Waals surface area (Å²) in [5, 5.41) is 14.3. The molecule has 3 nitrogen and oxygen atoms in total. The molecule has 0 fully saturated rings. The molecule has 1 heterocycles. The lowest BCUT2D eigenvalue weighted by molar-refractivity contribution is 0.0692. The van der Waals surface area contributed by atoms with Gasteiger partial charge in [0.1, 0.15) is 5.82 Å². The summed E-state index contributed by atoms with van der Waals surface area (Å²) in [7, 11) is 0. The number of aromatic carboxylic acids is 1. The number of carboxylic acids is 1. The summed E-state index contributed by atoms with van der Waals surface area (Å²) in [6.07, 6.45) is 2.07. The molecule has 2 N–H and O–H groups in total. The van der Waals surface area contributed by atoms with Crippen molar-refractivity contribution in [1.82, 2.24) is 5.32 Å². The van der Waals surface area contributed by atoms with E-state index in [2.05, 4.69) is 18.3 Å². The van der Waals surface area contributed by atoms with Gasteiger partial charge in [-0.3, -0.25) is 0 Å². The summed E-state index contributed by atoms with van der Waals surface area (Å²) in [4.78, 5) is 12.0. The Bertz CT molecular complexity index is 598. The second kappa shape index (κ2) is 7.33. The van der Waals surface area contributed by atoms with Gasteiger partial charge in [0.25, 0.3) is 0 Å². The van der Waals surface area contributed by atoms with Crippen LogP contribution in [0.4, 0.5) is 4.39 Å². The van der Waals surface area contributed by atoms with E-state index in [-0.39, 0.29) is 11.6 Å². The Kier molecular flexibility index (Phi) is 5.47. The number of hydrogen-bond donors (Lipinski definition) is 2. The van der Waals surface area contributed by atoms with Crippen LogP contribution < -0.4 is 5.32 Å². The van der Waals surface area contributed by atoms with Gasteiger partial charge in [-0.25, -0.2) is 9.18 Å². The van der Waals surface area contributed by atoms with Crippen molar-refractivity contribution < 1.29 is 14.3 Å². The first-order valence-electron chi connectivity index (χ1n) is 6.90. The Hall–Kier alpha value is -1.72. The SMILES string of the molecule is CCCC(NCc1ccc(C(=O)O)c(F)c1)c1cccs1. The number of nitrogens with one attached hydrogen (secondary N) is 1. The zero-order valence-electron chi connectivity index (χ0n) is 11.8. The molecule has 0 amide bonds. The van der Waals surface area contributed by atoms with E-state index >= 15 is 0 Å². The van der Waals surface area contributed by atoms with Gasteiger partial charge in [-0.2, -0.15) is 0 Å². The number of benzene rings is 1. The summed E-state index contributed by atoms with van der Waals surface area (Å²) >= 11 is 1.70. The van der Waals surface area contributed by atoms with Gasteiger partial charge >= 0.3 is 5.97 Å². The first-order chi connectivity index (χ1) is 10.1. The van der Waals surface area contributed by atoms with E-state index in [4.69, 9.17) is 5.11 Å². The first-order valence-corrected chi connectivity index (χ1v) is 7.78. The van der Waals surface area contributed by atoms with E-state index in [0.717, 1.165) is 18.4 Å². The summed E-state index contributed by atoms with van der Waals surface area (Å²) in [6, 6.07) is 8.61. The van der Waals surface area contributed by atoms with E-state index < -0.39 is 11.8 Å². The molecule has 1 unspecified atom stereocenters. The van der Waals surface area contributed by atoms with Gasteiger partial charge < -0.3 is 10.4 Å². The Morgan fingerprint density at radius 1 is 1.43 bits per heavy atom. The lowest BCUT2D eigenvalue weighted by Crippen LogP contribution is -2.20. The van der Waals surface area contributed by atoms with Gasteiger partial charge in [0.2, 0.25) is 0 Å². The van der Waals surface area contributed by atoms with Crippen molar-refractivity contribution in [3.05, 3.63) is 57.5 Å². The predicted octanol–water partition coefficient (Wildman–Crippen LogP) is 4.22. The lowest BCUT2D eigenvalue weighted by Gasteiger charge is -2.17. The number of thiophene rings is 1. The maximum Gasteiger partial charge on any atom is 0.338 e. The zero-order valence-corrected chi connectivity index (χ0v) is 12.6. The van der Waals surface area contributed by atoms with Crippen LogP contribution in [-0.4, -0.2) is 11.1 Å². The van der Waals surface area contributed by atoms with Crippen molar-refractivity contribution in [2.45, 2.75) is 32.4 Å². The maximum absolute atomic E-state index is 13.6. The molecular formula is C16H18FNO2S. The zero-order chi connectivity index (χ0) is 15.2. The number of carboxylic acid groups (broad SMARTS) is 1. The minimum atomic E-state index is -1.24. The molecule has 2 aromatic rings. The van der Waals surface area contributed by atoms with Gasteiger partial charge in [-0.1, -0.05) is 25.5 Å². The molecule has 112 valence electrons. The largest absolute Gasteiger partial charge is 0.478 e. The van der Waals surface area contributed by atoms with Gasteiger partial charge in [-0.15, -0.1) is 11.3 Å². The predicted molar refractivity (Wildman–Crippen MR) is 82.2 cm³/mol. The summed E-state index contributed by atoms with van der Waals surface area (Å²) in [5.74, 6) is -1.93. The molecule has 1 atom stereocenters. The number of carbonyl (C=O) groups is 1. The third-order valence-corrected chi connectivity index (χ3v) is 4.27. The molecular weight excluding hydrogens is 289 g/mol. The minimum Gasteiger partial charge on any atom is -0.478 e. The third-order valence-electron chi connectivity index (χ3n) is 3.28. The van der Waals surface area contributed by atoms with Gasteiger partial charge in [0, 0.05) is 17.5 Å². The van der Waals surface area contributed by atoms with Crippen LogP contribution in [0.5, 0.6) is 0 Å². The molecule has 0 saturated heterocycles. The average molecular weight is 307 g/mol. The molecule has 0 radical (unpaired) electrons. The topological polar surface area (TPSA) is 49.3 Å². The molecule has 0 aliphatic heterocycles. The van der Waals surface area contributed by atoms with Crippen molar-refractivity contribution in [2.75, 3.05) is 0 Å². The van der Waals surface area contributed by atoms with E-state index in [1.54, 1.807) is 17.4 Å². The highest BCUT2D eigenvalue weighted by Crippen LogP contribution is 2.23. The van der Waals surface area contributed by atoms with Crippen LogP contribution in [0.15, 0.2) is 35.7 Å². The van der Waals surface area contributed by atoms with Crippen LogP contribution in [0.1, 0.15) is 46.6 Å². The Morgan fingerprint density at radius 2 is 2.24 bits per heavy atom. The normalized spacial score (nSPS) is 12.3. The third kappa shape index (κ3) is 4.12. The highest BCUT2D eigenvalue weighted by atomic mass is 32.1. The molecule has 0 saturated carbocycles. The second-order valence-electron chi connectivity index (χ2n) is 4.86. The van der Waals surface area contributed by atoms with E-state index in [1.165, 1.54) is 17.0 Å². The van der Waals surface area contributed by atoms with Crippen molar-refractivity contribution in [3.63, 3.8) is 0 Å². The van der Waals surface area contributed by atoms with E-state index in [9.17, 15) is 9.18 Å². The Morgan fingerprint density at radius 3 is 2.81 bits per heavy atom. The summed E-state index contributed by atoms with van der Waals surface area (Å²) < 4.78 is 13.6. The quantitative estimate of drug-likeness (QED) is 0.805. The minimum absolute atomic E-state index is 0.247. The molecule has 0 aliphatic carbocycles. The van der Waals surface area contributed by atoms with E-state index in [1.807, 2.05) is 11.4 Å². The van der Waals surface area contributed by atoms with Crippen molar-refractivity contribution >= 4 is 17.3 Å². The first kappa shape index (κ1) is 15.7. The number of halogens is 1. The lowest BCUT2D eigenvalue weighted by atomic mass is 10.1.